The third-order valence-corrected chi connectivity index (χ3v) is 1.78. The van der Waals surface area contributed by atoms with Gasteiger partial charge in [0.2, 0.25) is 0 Å². The fourth-order valence-corrected chi connectivity index (χ4v) is 1.17. The smallest absolute Gasteiger partial charge is 0.350 e. The summed E-state index contributed by atoms with van der Waals surface area (Å²) in [4.78, 5) is 23.0. The van der Waals surface area contributed by atoms with Crippen molar-refractivity contribution < 1.29 is 24.2 Å². The van der Waals surface area contributed by atoms with Gasteiger partial charge in [0.15, 0.2) is 0 Å². The number of esters is 2. The lowest BCUT2D eigenvalue weighted by Crippen LogP contribution is -2.49. The highest BCUT2D eigenvalue weighted by Gasteiger charge is 2.47. The number of rotatable bonds is 6. The van der Waals surface area contributed by atoms with Gasteiger partial charge in [-0.3, -0.25) is 0 Å². The van der Waals surface area contributed by atoms with Gasteiger partial charge in [-0.15, -0.1) is 0 Å². The highest BCUT2D eigenvalue weighted by atomic mass is 16.6. The van der Waals surface area contributed by atoms with Crippen molar-refractivity contribution in [3.05, 3.63) is 12.2 Å². The van der Waals surface area contributed by atoms with Gasteiger partial charge in [0.1, 0.15) is 0 Å². The molecule has 5 heteroatoms. The zero-order valence-electron chi connectivity index (χ0n) is 9.91. The lowest BCUT2D eigenvalue weighted by molar-refractivity contribution is -0.183. The molecule has 0 rings (SSSR count). The summed E-state index contributed by atoms with van der Waals surface area (Å²) in [6, 6.07) is 0. The Balaban J connectivity index is 4.93. The number of carbonyl (C=O) groups is 2. The van der Waals surface area contributed by atoms with E-state index in [1.165, 1.54) is 0 Å². The predicted octanol–water partition coefficient (Wildman–Crippen LogP) is 0.810. The Morgan fingerprint density at radius 2 is 1.56 bits per heavy atom. The molecule has 16 heavy (non-hydrogen) atoms. The maximum atomic E-state index is 11.5. The second-order valence-corrected chi connectivity index (χ2v) is 3.44. The molecule has 0 aromatic carbocycles. The van der Waals surface area contributed by atoms with Crippen LogP contribution in [-0.2, 0) is 19.1 Å². The van der Waals surface area contributed by atoms with Crippen LogP contribution in [0.5, 0.6) is 0 Å². The molecule has 0 aromatic heterocycles. The van der Waals surface area contributed by atoms with Gasteiger partial charge < -0.3 is 14.6 Å². The van der Waals surface area contributed by atoms with Crippen LogP contribution in [-0.4, -0.2) is 35.9 Å². The van der Waals surface area contributed by atoms with Crippen molar-refractivity contribution in [1.29, 1.82) is 0 Å². The summed E-state index contributed by atoms with van der Waals surface area (Å²) >= 11 is 0. The van der Waals surface area contributed by atoms with E-state index in [1.54, 1.807) is 20.8 Å². The molecule has 0 aliphatic rings. The van der Waals surface area contributed by atoms with Gasteiger partial charge in [0.25, 0.3) is 5.60 Å². The van der Waals surface area contributed by atoms with Gasteiger partial charge in [-0.2, -0.15) is 0 Å². The standard InChI is InChI=1S/C11H18O5/c1-5-15-9(12)11(14,7-8(3)4)10(13)16-6-2/h14H,3,5-7H2,1-2,4H3. The number of hydrogen-bond donors (Lipinski definition) is 1. The summed E-state index contributed by atoms with van der Waals surface area (Å²) in [5, 5.41) is 9.97. The second kappa shape index (κ2) is 6.27. The van der Waals surface area contributed by atoms with E-state index in [-0.39, 0.29) is 19.6 Å². The number of carbonyl (C=O) groups excluding carboxylic acids is 2. The van der Waals surface area contributed by atoms with Crippen LogP contribution in [0.2, 0.25) is 0 Å². The van der Waals surface area contributed by atoms with Crippen molar-refractivity contribution in [2.45, 2.75) is 32.8 Å². The summed E-state index contributed by atoms with van der Waals surface area (Å²) in [6.45, 7) is 8.49. The van der Waals surface area contributed by atoms with E-state index in [0.717, 1.165) is 0 Å². The highest BCUT2D eigenvalue weighted by Crippen LogP contribution is 2.19. The quantitative estimate of drug-likeness (QED) is 0.415. The second-order valence-electron chi connectivity index (χ2n) is 3.44. The average molecular weight is 230 g/mol. The van der Waals surface area contributed by atoms with E-state index in [4.69, 9.17) is 0 Å². The van der Waals surface area contributed by atoms with Gasteiger partial charge in [-0.25, -0.2) is 9.59 Å². The molecule has 0 aromatic rings. The van der Waals surface area contributed by atoms with Crippen molar-refractivity contribution in [2.24, 2.45) is 0 Å². The molecule has 92 valence electrons. The summed E-state index contributed by atoms with van der Waals surface area (Å²) < 4.78 is 9.29. The summed E-state index contributed by atoms with van der Waals surface area (Å²) in [5.74, 6) is -2.01. The molecule has 0 aliphatic carbocycles. The zero-order valence-corrected chi connectivity index (χ0v) is 9.91. The van der Waals surface area contributed by atoms with Crippen LogP contribution in [0.1, 0.15) is 27.2 Å². The van der Waals surface area contributed by atoms with Gasteiger partial charge in [-0.05, 0) is 20.8 Å². The van der Waals surface area contributed by atoms with Gasteiger partial charge in [0, 0.05) is 6.42 Å². The van der Waals surface area contributed by atoms with Crippen LogP contribution in [0.4, 0.5) is 0 Å². The first-order valence-electron chi connectivity index (χ1n) is 5.09. The van der Waals surface area contributed by atoms with Crippen molar-refractivity contribution in [3.63, 3.8) is 0 Å². The van der Waals surface area contributed by atoms with E-state index < -0.39 is 17.5 Å². The molecule has 5 nitrogen and oxygen atoms in total. The third-order valence-electron chi connectivity index (χ3n) is 1.78. The molecule has 0 spiro atoms. The van der Waals surface area contributed by atoms with E-state index in [1.807, 2.05) is 0 Å². The zero-order chi connectivity index (χ0) is 12.8. The van der Waals surface area contributed by atoms with Crippen LogP contribution >= 0.6 is 0 Å². The highest BCUT2D eigenvalue weighted by molar-refractivity contribution is 6.03. The SMILES string of the molecule is C=C(C)CC(O)(C(=O)OCC)C(=O)OCC. The van der Waals surface area contributed by atoms with E-state index in [0.29, 0.717) is 5.57 Å². The van der Waals surface area contributed by atoms with Crippen molar-refractivity contribution in [1.82, 2.24) is 0 Å². The molecule has 0 aliphatic heterocycles. The van der Waals surface area contributed by atoms with Crippen molar-refractivity contribution >= 4 is 11.9 Å². The minimum absolute atomic E-state index is 0.0801. The maximum absolute atomic E-state index is 11.5. The van der Waals surface area contributed by atoms with Crippen LogP contribution in [0.15, 0.2) is 12.2 Å². The van der Waals surface area contributed by atoms with E-state index in [2.05, 4.69) is 16.1 Å². The van der Waals surface area contributed by atoms with Crippen LogP contribution < -0.4 is 0 Å². The van der Waals surface area contributed by atoms with E-state index >= 15 is 0 Å². The van der Waals surface area contributed by atoms with Crippen LogP contribution in [0.3, 0.4) is 0 Å². The molecule has 0 fully saturated rings. The summed E-state index contributed by atoms with van der Waals surface area (Å²) in [7, 11) is 0. The molecule has 0 saturated heterocycles. The van der Waals surface area contributed by atoms with Gasteiger partial charge in [0.05, 0.1) is 13.2 Å². The predicted molar refractivity (Wildman–Crippen MR) is 57.6 cm³/mol. The van der Waals surface area contributed by atoms with Crippen LogP contribution in [0.25, 0.3) is 0 Å². The molecule has 1 N–H and O–H groups in total. The van der Waals surface area contributed by atoms with Crippen molar-refractivity contribution in [2.75, 3.05) is 13.2 Å². The number of ether oxygens (including phenoxy) is 2. The topological polar surface area (TPSA) is 72.8 Å². The lowest BCUT2D eigenvalue weighted by Gasteiger charge is -2.23. The molecule has 0 bridgehead atoms. The molecule has 0 atom stereocenters. The first-order valence-corrected chi connectivity index (χ1v) is 5.09. The Kier molecular flexibility index (Phi) is 5.74. The molecular weight excluding hydrogens is 212 g/mol. The Morgan fingerprint density at radius 1 is 1.19 bits per heavy atom. The Hall–Kier alpha value is -1.36. The molecular formula is C11H18O5. The minimum Gasteiger partial charge on any atom is -0.463 e. The Bertz CT molecular complexity index is 264. The summed E-state index contributed by atoms with van der Waals surface area (Å²) in [5.41, 5.74) is -1.79. The normalized spacial score (nSPS) is 10.8. The van der Waals surface area contributed by atoms with E-state index in [9.17, 15) is 14.7 Å². The first-order chi connectivity index (χ1) is 7.38. The molecule has 0 unspecified atom stereocenters. The van der Waals surface area contributed by atoms with Crippen molar-refractivity contribution in [3.8, 4) is 0 Å². The fourth-order valence-electron chi connectivity index (χ4n) is 1.17. The van der Waals surface area contributed by atoms with Gasteiger partial charge >= 0.3 is 11.9 Å². The Labute approximate surface area is 95.0 Å². The molecule has 0 amide bonds. The average Bonchev–Trinajstić information content (AvgIpc) is 2.17. The minimum atomic E-state index is -2.28. The largest absolute Gasteiger partial charge is 0.463 e. The Morgan fingerprint density at radius 3 is 1.81 bits per heavy atom. The molecule has 0 radical (unpaired) electrons. The first kappa shape index (κ1) is 14.6. The number of aliphatic hydroxyl groups is 1. The maximum Gasteiger partial charge on any atom is 0.350 e. The van der Waals surface area contributed by atoms with Gasteiger partial charge in [-0.1, -0.05) is 12.2 Å². The third kappa shape index (κ3) is 3.66. The fraction of sp³-hybridized carbons (Fsp3) is 0.636. The summed E-state index contributed by atoms with van der Waals surface area (Å²) in [6.07, 6.45) is -0.204. The lowest BCUT2D eigenvalue weighted by atomic mass is 9.96. The number of hydrogen-bond acceptors (Lipinski definition) is 5. The monoisotopic (exact) mass is 230 g/mol. The van der Waals surface area contributed by atoms with Crippen LogP contribution in [0, 0.1) is 0 Å². The molecule has 0 saturated carbocycles. The molecule has 0 heterocycles.